The molecule has 0 aromatic rings. The minimum absolute atomic E-state index is 0.182. The van der Waals surface area contributed by atoms with Crippen LogP contribution in [-0.4, -0.2) is 111 Å². The first-order valence-corrected chi connectivity index (χ1v) is 6.95. The van der Waals surface area contributed by atoms with Gasteiger partial charge in [-0.15, -0.1) is 0 Å². The van der Waals surface area contributed by atoms with Gasteiger partial charge in [-0.3, -0.25) is 0 Å². The highest BCUT2D eigenvalue weighted by molar-refractivity contribution is 4.92. The maximum Gasteiger partial charge on any atom is 0.187 e. The molecule has 2 aliphatic heterocycles. The molecule has 0 radical (unpaired) electrons. The third-order valence-corrected chi connectivity index (χ3v) is 3.92. The highest BCUT2D eigenvalue weighted by atomic mass is 16.7. The summed E-state index contributed by atoms with van der Waals surface area (Å²) >= 11 is 0. The van der Waals surface area contributed by atoms with Crippen molar-refractivity contribution < 1.29 is 50.0 Å². The lowest BCUT2D eigenvalue weighted by molar-refractivity contribution is -0.331. The lowest BCUT2D eigenvalue weighted by Gasteiger charge is -2.43. The van der Waals surface area contributed by atoms with Crippen LogP contribution in [0.1, 0.15) is 0 Å². The van der Waals surface area contributed by atoms with Crippen LogP contribution >= 0.6 is 0 Å². The zero-order valence-corrected chi connectivity index (χ0v) is 11.7. The fourth-order valence-corrected chi connectivity index (χ4v) is 2.49. The van der Waals surface area contributed by atoms with Gasteiger partial charge in [0.05, 0.1) is 19.8 Å². The number of rotatable bonds is 4. The summed E-state index contributed by atoms with van der Waals surface area (Å²) in [5, 5.41) is 66.9. The molecule has 0 bridgehead atoms. The maximum absolute atomic E-state index is 9.93. The molecule has 2 heterocycles. The quantitative estimate of drug-likeness (QED) is 0.266. The SMILES string of the molecule is OC[C@H]1O[C@H](O[C@@H]2CO[C@H](CO)[C@@H](O)[C@@H]2O)[C@H](O)[C@@H](O)[C@@H]1O. The van der Waals surface area contributed by atoms with E-state index in [1.165, 1.54) is 0 Å². The molecule has 0 aromatic heterocycles. The Balaban J connectivity index is 2.00. The number of hydrogen-bond donors (Lipinski definition) is 7. The molecule has 130 valence electrons. The Kier molecular flexibility index (Phi) is 6.07. The predicted molar refractivity (Wildman–Crippen MR) is 67.5 cm³/mol. The van der Waals surface area contributed by atoms with E-state index in [-0.39, 0.29) is 6.61 Å². The molecule has 0 aromatic carbocycles. The summed E-state index contributed by atoms with van der Waals surface area (Å²) in [5.41, 5.74) is 0. The minimum Gasteiger partial charge on any atom is -0.394 e. The lowest BCUT2D eigenvalue weighted by atomic mass is 9.98. The minimum atomic E-state index is -1.61. The summed E-state index contributed by atoms with van der Waals surface area (Å²) in [5.74, 6) is 0. The molecule has 2 aliphatic rings. The molecule has 7 N–H and O–H groups in total. The van der Waals surface area contributed by atoms with Crippen molar-refractivity contribution in [3.05, 3.63) is 0 Å². The topological polar surface area (TPSA) is 169 Å². The lowest BCUT2D eigenvalue weighted by Crippen LogP contribution is -2.62. The molecule has 0 amide bonds. The van der Waals surface area contributed by atoms with E-state index in [0.29, 0.717) is 0 Å². The van der Waals surface area contributed by atoms with Gasteiger partial charge in [-0.25, -0.2) is 0 Å². The highest BCUT2D eigenvalue weighted by Crippen LogP contribution is 2.26. The van der Waals surface area contributed by atoms with Crippen LogP contribution in [0.15, 0.2) is 0 Å². The van der Waals surface area contributed by atoms with Gasteiger partial charge in [-0.05, 0) is 0 Å². The van der Waals surface area contributed by atoms with E-state index in [9.17, 15) is 25.5 Å². The van der Waals surface area contributed by atoms with Gasteiger partial charge >= 0.3 is 0 Å². The first-order valence-electron chi connectivity index (χ1n) is 6.95. The van der Waals surface area contributed by atoms with Crippen molar-refractivity contribution in [2.24, 2.45) is 0 Å². The third-order valence-electron chi connectivity index (χ3n) is 3.92. The van der Waals surface area contributed by atoms with E-state index in [2.05, 4.69) is 0 Å². The average molecular weight is 326 g/mol. The van der Waals surface area contributed by atoms with Crippen LogP contribution in [0.25, 0.3) is 0 Å². The molecule has 2 saturated heterocycles. The predicted octanol–water partition coefficient (Wildman–Crippen LogP) is -4.72. The zero-order valence-electron chi connectivity index (χ0n) is 11.7. The van der Waals surface area contributed by atoms with Crippen molar-refractivity contribution in [1.82, 2.24) is 0 Å². The van der Waals surface area contributed by atoms with Crippen LogP contribution < -0.4 is 0 Å². The largest absolute Gasteiger partial charge is 0.394 e. The molecule has 0 spiro atoms. The van der Waals surface area contributed by atoms with Crippen molar-refractivity contribution in [2.45, 2.75) is 55.1 Å². The summed E-state index contributed by atoms with van der Waals surface area (Å²) in [6.45, 7) is -1.27. The zero-order chi connectivity index (χ0) is 16.4. The van der Waals surface area contributed by atoms with E-state index in [1.54, 1.807) is 0 Å². The molecule has 0 aliphatic carbocycles. The van der Waals surface area contributed by atoms with Crippen LogP contribution in [0.4, 0.5) is 0 Å². The van der Waals surface area contributed by atoms with Crippen LogP contribution in [-0.2, 0) is 14.2 Å². The Hall–Kier alpha value is -0.400. The van der Waals surface area contributed by atoms with Crippen molar-refractivity contribution in [3.63, 3.8) is 0 Å². The van der Waals surface area contributed by atoms with E-state index in [1.807, 2.05) is 0 Å². The fraction of sp³-hybridized carbons (Fsp3) is 1.00. The van der Waals surface area contributed by atoms with Gasteiger partial charge in [0.25, 0.3) is 0 Å². The second kappa shape index (κ2) is 7.45. The van der Waals surface area contributed by atoms with Crippen molar-refractivity contribution in [1.29, 1.82) is 0 Å². The monoisotopic (exact) mass is 326 g/mol. The molecule has 2 fully saturated rings. The molecular formula is C12H22O10. The van der Waals surface area contributed by atoms with Crippen LogP contribution in [0, 0.1) is 0 Å². The summed E-state index contributed by atoms with van der Waals surface area (Å²) in [6, 6.07) is 0. The Morgan fingerprint density at radius 2 is 1.36 bits per heavy atom. The maximum atomic E-state index is 9.93. The molecule has 0 saturated carbocycles. The van der Waals surface area contributed by atoms with Crippen LogP contribution in [0.3, 0.4) is 0 Å². The molecule has 10 heteroatoms. The second-order valence-corrected chi connectivity index (χ2v) is 5.41. The Labute approximate surface area is 126 Å². The van der Waals surface area contributed by atoms with Crippen molar-refractivity contribution in [2.75, 3.05) is 19.8 Å². The molecule has 9 atom stereocenters. The van der Waals surface area contributed by atoms with E-state index >= 15 is 0 Å². The van der Waals surface area contributed by atoms with Gasteiger partial charge in [0, 0.05) is 0 Å². The van der Waals surface area contributed by atoms with Gasteiger partial charge in [0.15, 0.2) is 6.29 Å². The molecule has 0 unspecified atom stereocenters. The summed E-state index contributed by atoms with van der Waals surface area (Å²) < 4.78 is 15.6. The van der Waals surface area contributed by atoms with Crippen LogP contribution in [0.2, 0.25) is 0 Å². The second-order valence-electron chi connectivity index (χ2n) is 5.41. The van der Waals surface area contributed by atoms with Crippen LogP contribution in [0.5, 0.6) is 0 Å². The smallest absolute Gasteiger partial charge is 0.187 e. The number of aliphatic hydroxyl groups is 7. The number of hydrogen-bond acceptors (Lipinski definition) is 10. The Morgan fingerprint density at radius 3 is 1.95 bits per heavy atom. The molecule has 10 nitrogen and oxygen atoms in total. The fourth-order valence-electron chi connectivity index (χ4n) is 2.49. The molecular weight excluding hydrogens is 304 g/mol. The van der Waals surface area contributed by atoms with Crippen molar-refractivity contribution >= 4 is 0 Å². The molecule has 2 rings (SSSR count). The van der Waals surface area contributed by atoms with Crippen molar-refractivity contribution in [3.8, 4) is 0 Å². The first-order chi connectivity index (χ1) is 10.4. The van der Waals surface area contributed by atoms with Gasteiger partial charge in [-0.1, -0.05) is 0 Å². The first kappa shape index (κ1) is 17.9. The average Bonchev–Trinajstić information content (AvgIpc) is 2.52. The van der Waals surface area contributed by atoms with E-state index in [4.69, 9.17) is 24.4 Å². The highest BCUT2D eigenvalue weighted by Gasteiger charge is 2.47. The van der Waals surface area contributed by atoms with Gasteiger partial charge in [0.2, 0.25) is 0 Å². The Bertz CT molecular complexity index is 353. The van der Waals surface area contributed by atoms with Gasteiger partial charge < -0.3 is 50.0 Å². The standard InChI is InChI=1S/C12H22O10/c13-1-4-7(15)9(17)6(3-20-4)22-12-11(19)10(18)8(16)5(2-14)21-12/h4-19H,1-3H2/t4-,5-,6-,7-,8-,9-,10+,11-,12-/m1/s1. The van der Waals surface area contributed by atoms with E-state index in [0.717, 1.165) is 0 Å². The summed E-state index contributed by atoms with van der Waals surface area (Å²) in [7, 11) is 0. The number of aliphatic hydroxyl groups excluding tert-OH is 7. The molecule has 22 heavy (non-hydrogen) atoms. The normalized spacial score (nSPS) is 50.0. The number of ether oxygens (including phenoxy) is 3. The van der Waals surface area contributed by atoms with Gasteiger partial charge in [0.1, 0.15) is 48.8 Å². The Morgan fingerprint density at radius 1 is 0.773 bits per heavy atom. The third kappa shape index (κ3) is 3.41. The van der Waals surface area contributed by atoms with E-state index < -0.39 is 68.3 Å². The van der Waals surface area contributed by atoms with Gasteiger partial charge in [-0.2, -0.15) is 0 Å². The summed E-state index contributed by atoms with van der Waals surface area (Å²) in [6.07, 6.45) is -12.1. The summed E-state index contributed by atoms with van der Waals surface area (Å²) in [4.78, 5) is 0.